The summed E-state index contributed by atoms with van der Waals surface area (Å²) in [6.45, 7) is 5.61. The van der Waals surface area contributed by atoms with Crippen molar-refractivity contribution in [3.63, 3.8) is 0 Å². The van der Waals surface area contributed by atoms with Crippen molar-refractivity contribution in [2.45, 2.75) is 20.8 Å². The van der Waals surface area contributed by atoms with Crippen LogP contribution in [-0.2, 0) is 4.79 Å². The lowest BCUT2D eigenvalue weighted by molar-refractivity contribution is -0.136. The molecular weight excluding hydrogens is 368 g/mol. The van der Waals surface area contributed by atoms with Gasteiger partial charge in [-0.1, -0.05) is 39.7 Å². The molecule has 0 heterocycles. The minimum absolute atomic E-state index is 0.200. The second-order valence-electron chi connectivity index (χ2n) is 4.99. The third kappa shape index (κ3) is 4.02. The van der Waals surface area contributed by atoms with Crippen LogP contribution in [0, 0.1) is 20.8 Å². The number of aryl methyl sites for hydroxylation is 2. The number of hydrogen-bond donors (Lipinski definition) is 0. The summed E-state index contributed by atoms with van der Waals surface area (Å²) in [6, 6.07) is 9.12. The van der Waals surface area contributed by atoms with E-state index in [1.807, 2.05) is 32.9 Å². The van der Waals surface area contributed by atoms with E-state index in [0.717, 1.165) is 21.2 Å². The summed E-state index contributed by atoms with van der Waals surface area (Å²) in [5.74, 6) is 0.575. The second kappa shape index (κ2) is 7.16. The van der Waals surface area contributed by atoms with Gasteiger partial charge >= 0.3 is 5.97 Å². The molecule has 2 aromatic carbocycles. The van der Waals surface area contributed by atoms with Gasteiger partial charge in [0.2, 0.25) is 0 Å². The maximum absolute atomic E-state index is 12.0. The van der Waals surface area contributed by atoms with Gasteiger partial charge in [0, 0.05) is 4.47 Å². The van der Waals surface area contributed by atoms with Crippen LogP contribution >= 0.6 is 27.5 Å². The number of ether oxygens (including phenoxy) is 2. The van der Waals surface area contributed by atoms with Crippen LogP contribution in [0.4, 0.5) is 0 Å². The first-order valence-electron chi connectivity index (χ1n) is 6.74. The van der Waals surface area contributed by atoms with Crippen molar-refractivity contribution in [3.05, 3.63) is 56.5 Å². The fourth-order valence-electron chi connectivity index (χ4n) is 1.95. The first kappa shape index (κ1) is 16.8. The molecule has 0 fully saturated rings. The molecule has 0 aliphatic heterocycles. The molecule has 0 atom stereocenters. The molecule has 3 nitrogen and oxygen atoms in total. The molecule has 0 N–H and O–H groups in total. The van der Waals surface area contributed by atoms with Gasteiger partial charge in [0.1, 0.15) is 11.5 Å². The van der Waals surface area contributed by atoms with E-state index >= 15 is 0 Å². The normalized spacial score (nSPS) is 10.4. The Morgan fingerprint density at radius 3 is 2.50 bits per heavy atom. The Balaban J connectivity index is 2.03. The van der Waals surface area contributed by atoms with E-state index in [2.05, 4.69) is 15.9 Å². The highest BCUT2D eigenvalue weighted by atomic mass is 79.9. The average molecular weight is 384 g/mol. The number of carbonyl (C=O) groups excluding carboxylic acids is 1. The van der Waals surface area contributed by atoms with E-state index in [4.69, 9.17) is 21.1 Å². The average Bonchev–Trinajstić information content (AvgIpc) is 2.47. The van der Waals surface area contributed by atoms with Crippen molar-refractivity contribution >= 4 is 33.5 Å². The Morgan fingerprint density at radius 2 is 1.82 bits per heavy atom. The van der Waals surface area contributed by atoms with Crippen LogP contribution < -0.4 is 9.47 Å². The van der Waals surface area contributed by atoms with Crippen molar-refractivity contribution in [2.24, 2.45) is 0 Å². The van der Waals surface area contributed by atoms with E-state index in [0.29, 0.717) is 16.5 Å². The smallest absolute Gasteiger partial charge is 0.349 e. The molecule has 22 heavy (non-hydrogen) atoms. The molecule has 2 aromatic rings. The van der Waals surface area contributed by atoms with Crippen molar-refractivity contribution < 1.29 is 14.3 Å². The number of carbonyl (C=O) groups is 1. The Labute approximate surface area is 143 Å². The molecule has 116 valence electrons. The molecule has 0 aromatic heterocycles. The Morgan fingerprint density at radius 1 is 1.14 bits per heavy atom. The van der Waals surface area contributed by atoms with Crippen LogP contribution in [0.15, 0.2) is 34.8 Å². The first-order chi connectivity index (χ1) is 10.4. The number of esters is 1. The number of hydrogen-bond acceptors (Lipinski definition) is 3. The van der Waals surface area contributed by atoms with Gasteiger partial charge in [0.15, 0.2) is 6.61 Å². The van der Waals surface area contributed by atoms with Crippen LogP contribution in [0.3, 0.4) is 0 Å². The van der Waals surface area contributed by atoms with Gasteiger partial charge in [-0.15, -0.1) is 0 Å². The van der Waals surface area contributed by atoms with Crippen molar-refractivity contribution in [1.29, 1.82) is 0 Å². The summed E-state index contributed by atoms with van der Waals surface area (Å²) in [5.41, 5.74) is 2.94. The molecule has 0 spiro atoms. The molecule has 0 saturated carbocycles. The van der Waals surface area contributed by atoms with E-state index in [-0.39, 0.29) is 6.61 Å². The highest BCUT2D eigenvalue weighted by Gasteiger charge is 2.13. The molecule has 2 rings (SSSR count). The maximum atomic E-state index is 12.0. The standard InChI is InChI=1S/C17H16BrClO3/c1-10-4-5-11(2)17(12(10)3)22-16(20)9-21-15-7-6-13(18)8-14(15)19/h4-8H,9H2,1-3H3. The lowest BCUT2D eigenvalue weighted by Gasteiger charge is -2.13. The number of rotatable bonds is 4. The molecule has 0 aliphatic carbocycles. The summed E-state index contributed by atoms with van der Waals surface area (Å²) in [7, 11) is 0. The molecule has 0 aliphatic rings. The predicted molar refractivity (Wildman–Crippen MR) is 90.9 cm³/mol. The Hall–Kier alpha value is -1.52. The zero-order valence-corrected chi connectivity index (χ0v) is 14.9. The zero-order chi connectivity index (χ0) is 16.3. The minimum Gasteiger partial charge on any atom is -0.480 e. The summed E-state index contributed by atoms with van der Waals surface area (Å²) < 4.78 is 11.7. The summed E-state index contributed by atoms with van der Waals surface area (Å²) in [6.07, 6.45) is 0. The van der Waals surface area contributed by atoms with Gasteiger partial charge in [-0.2, -0.15) is 0 Å². The molecule has 0 unspecified atom stereocenters. The SMILES string of the molecule is Cc1ccc(C)c(OC(=O)COc2ccc(Br)cc2Cl)c1C. The maximum Gasteiger partial charge on any atom is 0.349 e. The highest BCUT2D eigenvalue weighted by molar-refractivity contribution is 9.10. The van der Waals surface area contributed by atoms with Crippen molar-refractivity contribution in [3.8, 4) is 11.5 Å². The van der Waals surface area contributed by atoms with E-state index < -0.39 is 5.97 Å². The third-order valence-corrected chi connectivity index (χ3v) is 4.12. The fourth-order valence-corrected chi connectivity index (χ4v) is 2.68. The second-order valence-corrected chi connectivity index (χ2v) is 6.31. The molecule has 0 bridgehead atoms. The van der Waals surface area contributed by atoms with Crippen LogP contribution in [0.25, 0.3) is 0 Å². The van der Waals surface area contributed by atoms with Crippen LogP contribution in [-0.4, -0.2) is 12.6 Å². The zero-order valence-electron chi connectivity index (χ0n) is 12.6. The Bertz CT molecular complexity index is 713. The third-order valence-electron chi connectivity index (χ3n) is 3.33. The predicted octanol–water partition coefficient (Wildman–Crippen LogP) is 5.01. The van der Waals surface area contributed by atoms with Crippen LogP contribution in [0.5, 0.6) is 11.5 Å². The minimum atomic E-state index is -0.462. The monoisotopic (exact) mass is 382 g/mol. The summed E-state index contributed by atoms with van der Waals surface area (Å²) in [5, 5.41) is 0.435. The molecule has 5 heteroatoms. The van der Waals surface area contributed by atoms with Gasteiger partial charge in [-0.3, -0.25) is 0 Å². The summed E-state index contributed by atoms with van der Waals surface area (Å²) >= 11 is 9.35. The molecular formula is C17H16BrClO3. The lowest BCUT2D eigenvalue weighted by atomic mass is 10.1. The van der Waals surface area contributed by atoms with Gasteiger partial charge in [0.25, 0.3) is 0 Å². The van der Waals surface area contributed by atoms with E-state index in [9.17, 15) is 4.79 Å². The van der Waals surface area contributed by atoms with Gasteiger partial charge < -0.3 is 9.47 Å². The first-order valence-corrected chi connectivity index (χ1v) is 7.91. The van der Waals surface area contributed by atoms with E-state index in [1.165, 1.54) is 0 Å². The quantitative estimate of drug-likeness (QED) is 0.550. The largest absolute Gasteiger partial charge is 0.480 e. The van der Waals surface area contributed by atoms with Gasteiger partial charge in [0.05, 0.1) is 5.02 Å². The lowest BCUT2D eigenvalue weighted by Crippen LogP contribution is -2.19. The van der Waals surface area contributed by atoms with Crippen LogP contribution in [0.1, 0.15) is 16.7 Å². The fraction of sp³-hybridized carbons (Fsp3) is 0.235. The molecule has 0 saturated heterocycles. The number of benzene rings is 2. The van der Waals surface area contributed by atoms with Gasteiger partial charge in [-0.25, -0.2) is 4.79 Å². The molecule has 0 amide bonds. The highest BCUT2D eigenvalue weighted by Crippen LogP contribution is 2.28. The van der Waals surface area contributed by atoms with Crippen LogP contribution in [0.2, 0.25) is 5.02 Å². The number of halogens is 2. The summed E-state index contributed by atoms with van der Waals surface area (Å²) in [4.78, 5) is 12.0. The molecule has 0 radical (unpaired) electrons. The van der Waals surface area contributed by atoms with Gasteiger partial charge in [-0.05, 0) is 55.7 Å². The Kier molecular flexibility index (Phi) is 5.48. The van der Waals surface area contributed by atoms with E-state index in [1.54, 1.807) is 18.2 Å². The van der Waals surface area contributed by atoms with Crippen molar-refractivity contribution in [2.75, 3.05) is 6.61 Å². The topological polar surface area (TPSA) is 35.5 Å². The van der Waals surface area contributed by atoms with Crippen molar-refractivity contribution in [1.82, 2.24) is 0 Å².